The fourth-order valence-electron chi connectivity index (χ4n) is 3.95. The van der Waals surface area contributed by atoms with E-state index >= 15 is 0 Å². The molecule has 3 aromatic rings. The predicted octanol–water partition coefficient (Wildman–Crippen LogP) is 5.09. The summed E-state index contributed by atoms with van der Waals surface area (Å²) in [6.07, 6.45) is 4.62. The van der Waals surface area contributed by atoms with Gasteiger partial charge in [0.25, 0.3) is 5.91 Å². The Morgan fingerprint density at radius 1 is 1.27 bits per heavy atom. The van der Waals surface area contributed by atoms with Crippen molar-refractivity contribution < 1.29 is 9.59 Å². The van der Waals surface area contributed by atoms with Crippen LogP contribution in [0.2, 0.25) is 0 Å². The first-order chi connectivity index (χ1) is 14.5. The van der Waals surface area contributed by atoms with Gasteiger partial charge in [-0.3, -0.25) is 9.59 Å². The van der Waals surface area contributed by atoms with Crippen LogP contribution in [-0.2, 0) is 17.6 Å². The molecule has 4 rings (SSSR count). The number of pyridine rings is 1. The van der Waals surface area contributed by atoms with E-state index in [0.29, 0.717) is 17.0 Å². The molecule has 1 aliphatic rings. The minimum absolute atomic E-state index is 0.115. The lowest BCUT2D eigenvalue weighted by Crippen LogP contribution is -2.26. The zero-order valence-corrected chi connectivity index (χ0v) is 18.8. The molecule has 0 saturated heterocycles. The van der Waals surface area contributed by atoms with E-state index in [-0.39, 0.29) is 11.2 Å². The molecule has 0 spiro atoms. The first kappa shape index (κ1) is 20.9. The molecule has 1 unspecified atom stereocenters. The largest absolute Gasteiger partial charge is 0.365 e. The third-order valence-electron chi connectivity index (χ3n) is 5.48. The molecule has 0 aliphatic heterocycles. The summed E-state index contributed by atoms with van der Waals surface area (Å²) < 4.78 is 0. The number of nitrogens with two attached hydrogens (primary N) is 1. The number of aromatic nitrogens is 1. The zero-order valence-electron chi connectivity index (χ0n) is 17.2. The number of fused-ring (bicyclic) bond motifs is 2. The van der Waals surface area contributed by atoms with E-state index in [1.807, 2.05) is 31.2 Å². The molecule has 0 bridgehead atoms. The summed E-state index contributed by atoms with van der Waals surface area (Å²) in [4.78, 5) is 31.1. The Morgan fingerprint density at radius 2 is 2.03 bits per heavy atom. The van der Waals surface area contributed by atoms with Crippen LogP contribution in [0.3, 0.4) is 0 Å². The summed E-state index contributed by atoms with van der Waals surface area (Å²) in [6, 6.07) is 10.0. The number of benzene rings is 1. The van der Waals surface area contributed by atoms with Crippen molar-refractivity contribution >= 4 is 50.8 Å². The number of nitrogens with one attached hydrogen (secondary N) is 1. The van der Waals surface area contributed by atoms with E-state index in [2.05, 4.69) is 18.3 Å². The average Bonchev–Trinajstić information content (AvgIpc) is 3.10. The van der Waals surface area contributed by atoms with E-state index in [4.69, 9.17) is 10.7 Å². The van der Waals surface area contributed by atoms with Crippen molar-refractivity contribution in [2.45, 2.75) is 56.2 Å². The third kappa shape index (κ3) is 4.09. The van der Waals surface area contributed by atoms with Crippen LogP contribution in [-0.4, -0.2) is 22.0 Å². The van der Waals surface area contributed by atoms with Gasteiger partial charge in [0.1, 0.15) is 5.00 Å². The molecular weight excluding hydrogens is 414 g/mol. The SMILES string of the molecule is CCC(Sc1cc(C)c2ccccc2n1)C(=O)Nc1sc2c(c1C(N)=O)CCCC2. The minimum Gasteiger partial charge on any atom is -0.365 e. The molecule has 0 fully saturated rings. The number of nitrogens with zero attached hydrogens (tertiary/aromatic N) is 1. The molecular formula is C23H25N3O2S2. The monoisotopic (exact) mass is 439 g/mol. The smallest absolute Gasteiger partial charge is 0.251 e. The molecule has 7 heteroatoms. The number of thioether (sulfide) groups is 1. The third-order valence-corrected chi connectivity index (χ3v) is 7.97. The summed E-state index contributed by atoms with van der Waals surface area (Å²) in [7, 11) is 0. The van der Waals surface area contributed by atoms with Crippen LogP contribution in [0.1, 0.15) is 52.5 Å². The van der Waals surface area contributed by atoms with Gasteiger partial charge in [0.2, 0.25) is 5.91 Å². The molecule has 5 nitrogen and oxygen atoms in total. The van der Waals surface area contributed by atoms with Crippen LogP contribution in [0.25, 0.3) is 10.9 Å². The summed E-state index contributed by atoms with van der Waals surface area (Å²) in [5.74, 6) is -0.576. The number of carbonyl (C=O) groups excluding carboxylic acids is 2. The van der Waals surface area contributed by atoms with E-state index < -0.39 is 5.91 Å². The second-order valence-electron chi connectivity index (χ2n) is 7.58. The highest BCUT2D eigenvalue weighted by Gasteiger charge is 2.27. The number of aryl methyl sites for hydroxylation is 2. The summed E-state index contributed by atoms with van der Waals surface area (Å²) in [5, 5.41) is 5.24. The van der Waals surface area contributed by atoms with E-state index in [9.17, 15) is 9.59 Å². The minimum atomic E-state index is -0.461. The lowest BCUT2D eigenvalue weighted by atomic mass is 9.95. The Bertz CT molecular complexity index is 1120. The number of para-hydroxylation sites is 1. The lowest BCUT2D eigenvalue weighted by Gasteiger charge is -2.15. The molecule has 2 aromatic heterocycles. The average molecular weight is 440 g/mol. The van der Waals surface area contributed by atoms with E-state index in [1.54, 1.807) is 0 Å². The van der Waals surface area contributed by atoms with Crippen molar-refractivity contribution in [1.29, 1.82) is 0 Å². The van der Waals surface area contributed by atoms with Crippen molar-refractivity contribution in [3.05, 3.63) is 51.9 Å². The van der Waals surface area contributed by atoms with Crippen LogP contribution in [0, 0.1) is 6.92 Å². The number of hydrogen-bond donors (Lipinski definition) is 2. The standard InChI is InChI=1S/C23H25N3O2S2/c1-3-17(29-19-12-13(2)14-8-4-6-10-16(14)25-19)22(28)26-23-20(21(24)27)15-9-5-7-11-18(15)30-23/h4,6,8,10,12,17H,3,5,7,9,11H2,1-2H3,(H2,24,27)(H,26,28). The number of hydrogen-bond acceptors (Lipinski definition) is 5. The molecule has 30 heavy (non-hydrogen) atoms. The number of rotatable bonds is 6. The molecule has 1 aliphatic carbocycles. The van der Waals surface area contributed by atoms with Gasteiger partial charge in [-0.1, -0.05) is 36.9 Å². The Kier molecular flexibility index (Phi) is 6.11. The highest BCUT2D eigenvalue weighted by Crippen LogP contribution is 2.38. The second kappa shape index (κ2) is 8.78. The number of amides is 2. The normalized spacial score (nSPS) is 14.3. The molecule has 0 saturated carbocycles. The van der Waals surface area contributed by atoms with Crippen molar-refractivity contribution in [1.82, 2.24) is 4.98 Å². The maximum Gasteiger partial charge on any atom is 0.251 e. The summed E-state index contributed by atoms with van der Waals surface area (Å²) in [5.41, 5.74) is 9.26. The van der Waals surface area contributed by atoms with Crippen molar-refractivity contribution in [3.63, 3.8) is 0 Å². The maximum absolute atomic E-state index is 13.1. The Morgan fingerprint density at radius 3 is 2.80 bits per heavy atom. The number of primary amides is 1. The number of thiophene rings is 1. The van der Waals surface area contributed by atoms with Crippen LogP contribution < -0.4 is 11.1 Å². The van der Waals surface area contributed by atoms with E-state index in [0.717, 1.165) is 52.7 Å². The topological polar surface area (TPSA) is 85.1 Å². The van der Waals surface area contributed by atoms with Crippen LogP contribution in [0.15, 0.2) is 35.4 Å². The van der Waals surface area contributed by atoms with Crippen LogP contribution in [0.5, 0.6) is 0 Å². The Balaban J connectivity index is 1.57. The van der Waals surface area contributed by atoms with Crippen molar-refractivity contribution in [2.75, 3.05) is 5.32 Å². The van der Waals surface area contributed by atoms with Gasteiger partial charge in [-0.05, 0) is 62.3 Å². The van der Waals surface area contributed by atoms with E-state index in [1.165, 1.54) is 28.0 Å². The summed E-state index contributed by atoms with van der Waals surface area (Å²) >= 11 is 2.96. The van der Waals surface area contributed by atoms with Crippen molar-refractivity contribution in [2.24, 2.45) is 5.73 Å². The van der Waals surface area contributed by atoms with Gasteiger partial charge >= 0.3 is 0 Å². The molecule has 3 N–H and O–H groups in total. The maximum atomic E-state index is 13.1. The Hall–Kier alpha value is -2.38. The molecule has 1 atom stereocenters. The molecule has 2 amide bonds. The zero-order chi connectivity index (χ0) is 21.3. The Labute approximate surface area is 184 Å². The highest BCUT2D eigenvalue weighted by molar-refractivity contribution is 8.00. The molecule has 156 valence electrons. The molecule has 2 heterocycles. The first-order valence-corrected chi connectivity index (χ1v) is 12.0. The summed E-state index contributed by atoms with van der Waals surface area (Å²) in [6.45, 7) is 4.05. The van der Waals surface area contributed by atoms with Gasteiger partial charge in [0.05, 0.1) is 21.4 Å². The lowest BCUT2D eigenvalue weighted by molar-refractivity contribution is -0.115. The van der Waals surface area contributed by atoms with Gasteiger partial charge in [0, 0.05) is 10.3 Å². The van der Waals surface area contributed by atoms with Crippen LogP contribution in [0.4, 0.5) is 5.00 Å². The van der Waals surface area contributed by atoms with Gasteiger partial charge in [0.15, 0.2) is 0 Å². The van der Waals surface area contributed by atoms with Gasteiger partial charge < -0.3 is 11.1 Å². The van der Waals surface area contributed by atoms with Gasteiger partial charge in [-0.15, -0.1) is 11.3 Å². The van der Waals surface area contributed by atoms with Gasteiger partial charge in [-0.25, -0.2) is 4.98 Å². The highest BCUT2D eigenvalue weighted by atomic mass is 32.2. The van der Waals surface area contributed by atoms with Crippen molar-refractivity contribution in [3.8, 4) is 0 Å². The first-order valence-electron chi connectivity index (χ1n) is 10.3. The van der Waals surface area contributed by atoms with Gasteiger partial charge in [-0.2, -0.15) is 0 Å². The fourth-order valence-corrected chi connectivity index (χ4v) is 6.27. The number of anilines is 1. The predicted molar refractivity (Wildman–Crippen MR) is 125 cm³/mol. The number of carbonyl (C=O) groups is 2. The fraction of sp³-hybridized carbons (Fsp3) is 0.348. The molecule has 1 aromatic carbocycles. The molecule has 0 radical (unpaired) electrons. The van der Waals surface area contributed by atoms with Crippen LogP contribution >= 0.6 is 23.1 Å². The quantitative estimate of drug-likeness (QED) is 0.524. The second-order valence-corrected chi connectivity index (χ2v) is 9.91.